The van der Waals surface area contributed by atoms with Crippen LogP contribution in [0.5, 0.6) is 5.75 Å². The maximum atomic E-state index is 12.0. The molecular weight excluding hydrogens is 312 g/mol. The summed E-state index contributed by atoms with van der Waals surface area (Å²) >= 11 is 0. The summed E-state index contributed by atoms with van der Waals surface area (Å²) in [6.45, 7) is 1.82. The van der Waals surface area contributed by atoms with Gasteiger partial charge < -0.3 is 9.47 Å². The fourth-order valence-corrected chi connectivity index (χ4v) is 2.04. The second-order valence-corrected chi connectivity index (χ2v) is 4.68. The molecule has 0 amide bonds. The van der Waals surface area contributed by atoms with Gasteiger partial charge in [0.1, 0.15) is 11.9 Å². The number of hydrogen-bond donors (Lipinski definition) is 0. The molecule has 2 rings (SSSR count). The van der Waals surface area contributed by atoms with E-state index in [1.807, 2.05) is 18.2 Å². The van der Waals surface area contributed by atoms with Crippen molar-refractivity contribution in [2.45, 2.75) is 6.92 Å². The number of nitro groups is 1. The highest BCUT2D eigenvalue weighted by Gasteiger charge is 2.17. The molecule has 0 N–H and O–H groups in total. The summed E-state index contributed by atoms with van der Waals surface area (Å²) in [6, 6.07) is 8.48. The summed E-state index contributed by atoms with van der Waals surface area (Å²) in [4.78, 5) is 26.3. The van der Waals surface area contributed by atoms with E-state index in [1.54, 1.807) is 32.3 Å². The maximum Gasteiger partial charge on any atom is 0.340 e. The van der Waals surface area contributed by atoms with Gasteiger partial charge in [0.25, 0.3) is 5.69 Å². The molecule has 7 nitrogen and oxygen atoms in total. The summed E-state index contributed by atoms with van der Waals surface area (Å²) in [5, 5.41) is 10.9. The first-order valence-corrected chi connectivity index (χ1v) is 7.19. The Bertz CT molecular complexity index is 786. The Morgan fingerprint density at radius 2 is 2.08 bits per heavy atom. The molecule has 0 spiro atoms. The summed E-state index contributed by atoms with van der Waals surface area (Å²) in [7, 11) is 1.56. The summed E-state index contributed by atoms with van der Waals surface area (Å²) in [5.74, 6) is 0.00160. The predicted octanol–water partition coefficient (Wildman–Crippen LogP) is 3.35. The summed E-state index contributed by atoms with van der Waals surface area (Å²) in [5.41, 5.74) is 0.838. The van der Waals surface area contributed by atoms with E-state index in [-0.39, 0.29) is 23.6 Å². The number of ether oxygens (including phenoxy) is 2. The van der Waals surface area contributed by atoms with Crippen LogP contribution in [0.25, 0.3) is 12.2 Å². The molecule has 0 aliphatic rings. The molecule has 0 aliphatic carbocycles. The first kappa shape index (κ1) is 17.1. The highest BCUT2D eigenvalue weighted by atomic mass is 16.6. The topological polar surface area (TPSA) is 91.6 Å². The van der Waals surface area contributed by atoms with Gasteiger partial charge in [-0.1, -0.05) is 18.2 Å². The van der Waals surface area contributed by atoms with Crippen LogP contribution in [-0.2, 0) is 4.74 Å². The molecular formula is C17H16N2O5. The normalized spacial score (nSPS) is 10.6. The van der Waals surface area contributed by atoms with Crippen LogP contribution < -0.4 is 4.74 Å². The molecule has 0 fully saturated rings. The molecule has 1 heterocycles. The van der Waals surface area contributed by atoms with Gasteiger partial charge in [-0.05, 0) is 25.1 Å². The number of carbonyl (C=O) groups excluding carboxylic acids is 1. The third-order valence-corrected chi connectivity index (χ3v) is 3.17. The third-order valence-electron chi connectivity index (χ3n) is 3.17. The van der Waals surface area contributed by atoms with Crippen molar-refractivity contribution >= 4 is 23.8 Å². The molecule has 1 aromatic carbocycles. The van der Waals surface area contributed by atoms with E-state index in [9.17, 15) is 14.9 Å². The van der Waals surface area contributed by atoms with Gasteiger partial charge in [-0.15, -0.1) is 0 Å². The largest absolute Gasteiger partial charge is 0.496 e. The number of para-hydroxylation sites is 1. The van der Waals surface area contributed by atoms with Gasteiger partial charge in [-0.25, -0.2) is 9.78 Å². The quantitative estimate of drug-likeness (QED) is 0.459. The van der Waals surface area contributed by atoms with E-state index >= 15 is 0 Å². The molecule has 2 aromatic rings. The number of pyridine rings is 1. The number of hydrogen-bond acceptors (Lipinski definition) is 6. The number of nitrogens with zero attached hydrogens (tertiary/aromatic N) is 2. The van der Waals surface area contributed by atoms with Gasteiger partial charge in [0, 0.05) is 11.6 Å². The highest BCUT2D eigenvalue weighted by molar-refractivity contribution is 5.94. The van der Waals surface area contributed by atoms with Crippen LogP contribution in [0.3, 0.4) is 0 Å². The van der Waals surface area contributed by atoms with Crippen molar-refractivity contribution in [3.63, 3.8) is 0 Å². The van der Waals surface area contributed by atoms with Crippen molar-refractivity contribution in [1.82, 2.24) is 4.98 Å². The van der Waals surface area contributed by atoms with E-state index in [2.05, 4.69) is 4.98 Å². The Hall–Kier alpha value is -3.22. The maximum absolute atomic E-state index is 12.0. The van der Waals surface area contributed by atoms with Gasteiger partial charge in [-0.3, -0.25) is 10.1 Å². The van der Waals surface area contributed by atoms with E-state index in [4.69, 9.17) is 9.47 Å². The molecule has 0 radical (unpaired) electrons. The van der Waals surface area contributed by atoms with Gasteiger partial charge in [0.05, 0.1) is 29.9 Å². The highest BCUT2D eigenvalue weighted by Crippen LogP contribution is 2.22. The lowest BCUT2D eigenvalue weighted by molar-refractivity contribution is -0.385. The lowest BCUT2D eigenvalue weighted by atomic mass is 10.1. The molecule has 0 bridgehead atoms. The van der Waals surface area contributed by atoms with E-state index in [0.717, 1.165) is 17.8 Å². The van der Waals surface area contributed by atoms with Crippen LogP contribution in [0.2, 0.25) is 0 Å². The van der Waals surface area contributed by atoms with Crippen LogP contribution in [0.15, 0.2) is 36.5 Å². The zero-order valence-electron chi connectivity index (χ0n) is 13.3. The molecule has 0 saturated heterocycles. The fourth-order valence-electron chi connectivity index (χ4n) is 2.04. The second-order valence-electron chi connectivity index (χ2n) is 4.68. The first-order valence-electron chi connectivity index (χ1n) is 7.19. The molecule has 1 aromatic heterocycles. The molecule has 7 heteroatoms. The lowest BCUT2D eigenvalue weighted by Crippen LogP contribution is -2.08. The van der Waals surface area contributed by atoms with Crippen LogP contribution in [0.1, 0.15) is 28.5 Å². The summed E-state index contributed by atoms with van der Waals surface area (Å²) in [6.07, 6.45) is 4.41. The van der Waals surface area contributed by atoms with Crippen LogP contribution in [0.4, 0.5) is 5.69 Å². The molecule has 124 valence electrons. The Morgan fingerprint density at radius 1 is 1.33 bits per heavy atom. The summed E-state index contributed by atoms with van der Waals surface area (Å²) < 4.78 is 10.2. The Balaban J connectivity index is 2.43. The average molecular weight is 328 g/mol. The van der Waals surface area contributed by atoms with Crippen molar-refractivity contribution in [2.75, 3.05) is 13.7 Å². The van der Waals surface area contributed by atoms with Gasteiger partial charge in [0.15, 0.2) is 0 Å². The number of aromatic nitrogens is 1. The molecule has 0 saturated carbocycles. The second kappa shape index (κ2) is 7.87. The van der Waals surface area contributed by atoms with Crippen molar-refractivity contribution < 1.29 is 19.2 Å². The van der Waals surface area contributed by atoms with Gasteiger partial charge in [-0.2, -0.15) is 0 Å². The Kier molecular flexibility index (Phi) is 5.62. The van der Waals surface area contributed by atoms with Crippen LogP contribution in [-0.4, -0.2) is 29.6 Å². The van der Waals surface area contributed by atoms with Crippen LogP contribution in [0, 0.1) is 10.1 Å². The fraction of sp³-hybridized carbons (Fsp3) is 0.176. The number of methoxy groups -OCH3 is 1. The van der Waals surface area contributed by atoms with E-state index in [1.165, 1.54) is 0 Å². The minimum atomic E-state index is -0.659. The van der Waals surface area contributed by atoms with Crippen LogP contribution >= 0.6 is 0 Å². The SMILES string of the molecule is CCOC(=O)c1cc([N+](=O)[O-])cnc1/C=C/c1ccccc1OC. The first-order chi connectivity index (χ1) is 11.6. The standard InChI is InChI=1S/C17H16N2O5/c1-3-24-17(20)14-10-13(19(21)22)11-18-15(14)9-8-12-6-4-5-7-16(12)23-2/h4-11H,3H2,1-2H3/b9-8+. The Labute approximate surface area is 138 Å². The minimum absolute atomic E-state index is 0.0391. The van der Waals surface area contributed by atoms with Crippen molar-refractivity contribution in [3.8, 4) is 5.75 Å². The molecule has 0 atom stereocenters. The van der Waals surface area contributed by atoms with Crippen molar-refractivity contribution in [2.24, 2.45) is 0 Å². The predicted molar refractivity (Wildman–Crippen MR) is 88.8 cm³/mol. The molecule has 24 heavy (non-hydrogen) atoms. The van der Waals surface area contributed by atoms with Gasteiger partial charge in [0.2, 0.25) is 0 Å². The number of esters is 1. The molecule has 0 unspecified atom stereocenters. The molecule has 0 aliphatic heterocycles. The third kappa shape index (κ3) is 3.95. The van der Waals surface area contributed by atoms with Crippen molar-refractivity contribution in [1.29, 1.82) is 0 Å². The minimum Gasteiger partial charge on any atom is -0.496 e. The number of rotatable bonds is 6. The van der Waals surface area contributed by atoms with Gasteiger partial charge >= 0.3 is 5.97 Å². The van der Waals surface area contributed by atoms with E-state index in [0.29, 0.717) is 5.75 Å². The Morgan fingerprint density at radius 3 is 2.75 bits per heavy atom. The average Bonchev–Trinajstić information content (AvgIpc) is 2.60. The van der Waals surface area contributed by atoms with Crippen molar-refractivity contribution in [3.05, 3.63) is 63.5 Å². The number of benzene rings is 1. The zero-order chi connectivity index (χ0) is 17.5. The zero-order valence-corrected chi connectivity index (χ0v) is 13.3. The number of carbonyl (C=O) groups is 1. The lowest BCUT2D eigenvalue weighted by Gasteiger charge is -2.06. The van der Waals surface area contributed by atoms with E-state index < -0.39 is 10.9 Å². The monoisotopic (exact) mass is 328 g/mol. The smallest absolute Gasteiger partial charge is 0.340 e.